The molecular weight excluding hydrogens is 236 g/mol. The summed E-state index contributed by atoms with van der Waals surface area (Å²) < 4.78 is 0. The van der Waals surface area contributed by atoms with Crippen LogP contribution < -0.4 is 5.32 Å². The molecule has 0 saturated carbocycles. The van der Waals surface area contributed by atoms with E-state index < -0.39 is 10.9 Å². The van der Waals surface area contributed by atoms with Crippen LogP contribution in [0.4, 0.5) is 5.69 Å². The third-order valence-corrected chi connectivity index (χ3v) is 2.55. The third kappa shape index (κ3) is 3.81. The molecule has 0 atom stereocenters. The van der Waals surface area contributed by atoms with Crippen molar-refractivity contribution in [2.75, 3.05) is 6.54 Å². The summed E-state index contributed by atoms with van der Waals surface area (Å²) in [6.07, 6.45) is 2.05. The number of nitrogens with one attached hydrogen (secondary N) is 1. The molecule has 0 aromatic heterocycles. The van der Waals surface area contributed by atoms with Gasteiger partial charge in [-0.3, -0.25) is 10.1 Å². The van der Waals surface area contributed by atoms with Crippen LogP contribution in [0, 0.1) is 10.1 Å². The Morgan fingerprint density at radius 2 is 2.22 bits per heavy atom. The molecule has 0 unspecified atom stereocenters. The number of carboxylic acids is 1. The molecule has 1 rings (SSSR count). The Morgan fingerprint density at radius 3 is 2.78 bits per heavy atom. The normalized spacial score (nSPS) is 10.3. The molecule has 6 heteroatoms. The van der Waals surface area contributed by atoms with Gasteiger partial charge in [0, 0.05) is 18.2 Å². The Balaban J connectivity index is 2.83. The Morgan fingerprint density at radius 1 is 1.50 bits per heavy atom. The van der Waals surface area contributed by atoms with Crippen molar-refractivity contribution in [3.63, 3.8) is 0 Å². The predicted octanol–water partition coefficient (Wildman–Crippen LogP) is 2.18. The standard InChI is InChI=1S/C12H16N2O4/c1-2-3-6-13-8-10-5-4-9(12(15)16)7-11(10)14(17)18/h4-5,7,13H,2-3,6,8H2,1H3,(H,15,16). The van der Waals surface area contributed by atoms with E-state index in [1.54, 1.807) is 0 Å². The fourth-order valence-corrected chi connectivity index (χ4v) is 1.54. The van der Waals surface area contributed by atoms with Crippen LogP contribution in [0.2, 0.25) is 0 Å². The first kappa shape index (κ1) is 14.1. The molecule has 1 aromatic carbocycles. The van der Waals surface area contributed by atoms with Gasteiger partial charge in [0.25, 0.3) is 5.69 Å². The van der Waals surface area contributed by atoms with E-state index in [0.29, 0.717) is 12.1 Å². The Labute approximate surface area is 105 Å². The lowest BCUT2D eigenvalue weighted by atomic mass is 10.1. The fraction of sp³-hybridized carbons (Fsp3) is 0.417. The lowest BCUT2D eigenvalue weighted by Crippen LogP contribution is -2.15. The van der Waals surface area contributed by atoms with E-state index in [1.807, 2.05) is 0 Å². The first-order valence-corrected chi connectivity index (χ1v) is 5.77. The summed E-state index contributed by atoms with van der Waals surface area (Å²) in [4.78, 5) is 21.1. The van der Waals surface area contributed by atoms with Crippen molar-refractivity contribution in [3.8, 4) is 0 Å². The topological polar surface area (TPSA) is 92.5 Å². The molecular formula is C12H16N2O4. The van der Waals surface area contributed by atoms with Gasteiger partial charge in [-0.25, -0.2) is 4.79 Å². The van der Waals surface area contributed by atoms with Crippen molar-refractivity contribution in [2.45, 2.75) is 26.3 Å². The molecule has 18 heavy (non-hydrogen) atoms. The van der Waals surface area contributed by atoms with Gasteiger partial charge >= 0.3 is 5.97 Å². The zero-order valence-electron chi connectivity index (χ0n) is 10.2. The SMILES string of the molecule is CCCCNCc1ccc(C(=O)O)cc1[N+](=O)[O-]. The average molecular weight is 252 g/mol. The quantitative estimate of drug-likeness (QED) is 0.441. The molecule has 6 nitrogen and oxygen atoms in total. The number of nitro groups is 1. The number of unbranched alkanes of at least 4 members (excludes halogenated alkanes) is 1. The van der Waals surface area contributed by atoms with Crippen LogP contribution in [0.5, 0.6) is 0 Å². The molecule has 0 saturated heterocycles. The van der Waals surface area contributed by atoms with Gasteiger partial charge in [-0.15, -0.1) is 0 Å². The summed E-state index contributed by atoms with van der Waals surface area (Å²) in [5.74, 6) is -1.16. The van der Waals surface area contributed by atoms with Crippen molar-refractivity contribution in [2.24, 2.45) is 0 Å². The third-order valence-electron chi connectivity index (χ3n) is 2.55. The molecule has 0 radical (unpaired) electrons. The Bertz CT molecular complexity index is 446. The van der Waals surface area contributed by atoms with Gasteiger partial charge in [0.1, 0.15) is 0 Å². The van der Waals surface area contributed by atoms with E-state index in [-0.39, 0.29) is 11.3 Å². The van der Waals surface area contributed by atoms with Gasteiger partial charge in [0.2, 0.25) is 0 Å². The van der Waals surface area contributed by atoms with Gasteiger partial charge in [0.15, 0.2) is 0 Å². The summed E-state index contributed by atoms with van der Waals surface area (Å²) in [7, 11) is 0. The molecule has 0 heterocycles. The van der Waals surface area contributed by atoms with Gasteiger partial charge in [-0.2, -0.15) is 0 Å². The van der Waals surface area contributed by atoms with Crippen molar-refractivity contribution in [1.29, 1.82) is 0 Å². The Kier molecular flexibility index (Phi) is 5.26. The number of hydrogen-bond acceptors (Lipinski definition) is 4. The fourth-order valence-electron chi connectivity index (χ4n) is 1.54. The first-order valence-electron chi connectivity index (χ1n) is 5.77. The maximum Gasteiger partial charge on any atom is 0.335 e. The summed E-state index contributed by atoms with van der Waals surface area (Å²) >= 11 is 0. The zero-order valence-corrected chi connectivity index (χ0v) is 10.2. The van der Waals surface area contributed by atoms with E-state index in [0.717, 1.165) is 25.5 Å². The molecule has 98 valence electrons. The molecule has 0 bridgehead atoms. The van der Waals surface area contributed by atoms with Crippen molar-refractivity contribution in [3.05, 3.63) is 39.4 Å². The highest BCUT2D eigenvalue weighted by molar-refractivity contribution is 5.88. The first-order chi connectivity index (χ1) is 8.56. The molecule has 1 aromatic rings. The molecule has 0 aliphatic heterocycles. The van der Waals surface area contributed by atoms with Crippen molar-refractivity contribution in [1.82, 2.24) is 5.32 Å². The number of nitrogens with zero attached hydrogens (tertiary/aromatic N) is 1. The summed E-state index contributed by atoms with van der Waals surface area (Å²) in [6.45, 7) is 3.22. The van der Waals surface area contributed by atoms with Crippen LogP contribution >= 0.6 is 0 Å². The number of carbonyl (C=O) groups is 1. The number of nitro benzene ring substituents is 1. The van der Waals surface area contributed by atoms with E-state index in [4.69, 9.17) is 5.11 Å². The molecule has 0 amide bonds. The van der Waals surface area contributed by atoms with E-state index >= 15 is 0 Å². The van der Waals surface area contributed by atoms with Crippen LogP contribution in [0.3, 0.4) is 0 Å². The molecule has 0 aliphatic carbocycles. The van der Waals surface area contributed by atoms with Crippen molar-refractivity contribution >= 4 is 11.7 Å². The number of benzene rings is 1. The lowest BCUT2D eigenvalue weighted by Gasteiger charge is -2.05. The summed E-state index contributed by atoms with van der Waals surface area (Å²) in [5.41, 5.74) is 0.277. The molecule has 0 fully saturated rings. The van der Waals surface area contributed by atoms with E-state index in [1.165, 1.54) is 12.1 Å². The maximum atomic E-state index is 10.9. The lowest BCUT2D eigenvalue weighted by molar-refractivity contribution is -0.385. The largest absolute Gasteiger partial charge is 0.478 e. The highest BCUT2D eigenvalue weighted by Crippen LogP contribution is 2.20. The van der Waals surface area contributed by atoms with Crippen LogP contribution in [0.25, 0.3) is 0 Å². The smallest absolute Gasteiger partial charge is 0.335 e. The Hall–Kier alpha value is -1.95. The molecule has 2 N–H and O–H groups in total. The van der Waals surface area contributed by atoms with Crippen LogP contribution in [0.15, 0.2) is 18.2 Å². The van der Waals surface area contributed by atoms with Crippen LogP contribution in [-0.2, 0) is 6.54 Å². The molecule has 0 aliphatic rings. The number of hydrogen-bond donors (Lipinski definition) is 2. The number of rotatable bonds is 7. The van der Waals surface area contributed by atoms with Crippen LogP contribution in [0.1, 0.15) is 35.7 Å². The van der Waals surface area contributed by atoms with E-state index in [9.17, 15) is 14.9 Å². The van der Waals surface area contributed by atoms with E-state index in [2.05, 4.69) is 12.2 Å². The second-order valence-corrected chi connectivity index (χ2v) is 3.94. The average Bonchev–Trinajstić information content (AvgIpc) is 2.34. The maximum absolute atomic E-state index is 10.9. The van der Waals surface area contributed by atoms with Crippen LogP contribution in [-0.4, -0.2) is 22.5 Å². The van der Waals surface area contributed by atoms with Crippen molar-refractivity contribution < 1.29 is 14.8 Å². The predicted molar refractivity (Wildman–Crippen MR) is 66.7 cm³/mol. The minimum Gasteiger partial charge on any atom is -0.478 e. The molecule has 0 spiro atoms. The minimum atomic E-state index is -1.16. The second-order valence-electron chi connectivity index (χ2n) is 3.94. The van der Waals surface area contributed by atoms with Gasteiger partial charge < -0.3 is 10.4 Å². The highest BCUT2D eigenvalue weighted by Gasteiger charge is 2.16. The van der Waals surface area contributed by atoms with Gasteiger partial charge in [-0.1, -0.05) is 19.4 Å². The summed E-state index contributed by atoms with van der Waals surface area (Å²) in [5, 5.41) is 22.8. The zero-order chi connectivity index (χ0) is 13.5. The number of aromatic carboxylic acids is 1. The monoisotopic (exact) mass is 252 g/mol. The van der Waals surface area contributed by atoms with Gasteiger partial charge in [0.05, 0.1) is 10.5 Å². The van der Waals surface area contributed by atoms with Gasteiger partial charge in [-0.05, 0) is 19.0 Å². The second kappa shape index (κ2) is 6.70. The number of carboxylic acid groups (broad SMARTS) is 1. The minimum absolute atomic E-state index is 0.0704. The highest BCUT2D eigenvalue weighted by atomic mass is 16.6. The summed E-state index contributed by atoms with van der Waals surface area (Å²) in [6, 6.07) is 3.96.